The molecule has 210 valence electrons. The molecular weight excluding hydrogens is 494 g/mol. The van der Waals surface area contributed by atoms with Crippen LogP contribution in [0.5, 0.6) is 0 Å². The van der Waals surface area contributed by atoms with E-state index in [9.17, 15) is 18.4 Å². The smallest absolute Gasteiger partial charge is 0.317 e. The number of carboxylic acid groups (broad SMARTS) is 1. The Balaban J connectivity index is 0.00000247. The number of halogens is 2. The van der Waals surface area contributed by atoms with E-state index in [0.29, 0.717) is 22.6 Å². The van der Waals surface area contributed by atoms with Crippen molar-refractivity contribution in [3.05, 3.63) is 69.0 Å². The maximum atomic E-state index is 14.4. The Morgan fingerprint density at radius 2 is 1.92 bits per heavy atom. The van der Waals surface area contributed by atoms with Crippen LogP contribution < -0.4 is 17.1 Å². The minimum absolute atomic E-state index is 0.136. The van der Waals surface area contributed by atoms with Gasteiger partial charge in [0, 0.05) is 43.9 Å². The highest BCUT2D eigenvalue weighted by molar-refractivity contribution is 5.69. The molecule has 0 bridgehead atoms. The summed E-state index contributed by atoms with van der Waals surface area (Å²) in [7, 11) is 1.62. The standard InChI is InChI=1S/C25H34F2N6O3.C2H6/c1-4-5-17-6-9-22(34)33(11-17)13-21(31(3)29)24(28)20-8-7-19(16(2)30-20)18-10-25(26,27)15-32(12-18)14-23(35)36;1-2/h6-9,11,18H,4-5,10,12-15,28-29H2,1-3H3,(H,35,36);1-2H3/b24-21-;. The number of carboxylic acids is 1. The molecule has 3 heterocycles. The number of carbonyl (C=O) groups is 1. The molecule has 2 aromatic heterocycles. The lowest BCUT2D eigenvalue weighted by molar-refractivity contribution is -0.141. The summed E-state index contributed by atoms with van der Waals surface area (Å²) >= 11 is 0. The molecule has 1 aliphatic heterocycles. The zero-order chi connectivity index (χ0) is 28.6. The van der Waals surface area contributed by atoms with Crippen LogP contribution in [0.2, 0.25) is 0 Å². The number of alkyl halides is 2. The third-order valence-electron chi connectivity index (χ3n) is 6.32. The summed E-state index contributed by atoms with van der Waals surface area (Å²) in [6.45, 7) is 7.07. The van der Waals surface area contributed by atoms with Crippen LogP contribution in [0.25, 0.3) is 5.70 Å². The van der Waals surface area contributed by atoms with Gasteiger partial charge in [0.25, 0.3) is 11.5 Å². The van der Waals surface area contributed by atoms with E-state index in [1.165, 1.54) is 16.0 Å². The molecule has 2 aromatic rings. The molecule has 38 heavy (non-hydrogen) atoms. The fourth-order valence-corrected chi connectivity index (χ4v) is 4.70. The van der Waals surface area contributed by atoms with Crippen molar-refractivity contribution in [1.29, 1.82) is 0 Å². The van der Waals surface area contributed by atoms with Gasteiger partial charge >= 0.3 is 5.97 Å². The van der Waals surface area contributed by atoms with Crippen LogP contribution in [0.4, 0.5) is 8.78 Å². The van der Waals surface area contributed by atoms with E-state index >= 15 is 0 Å². The molecular formula is C27H40F2N6O3. The van der Waals surface area contributed by atoms with E-state index in [4.69, 9.17) is 16.7 Å². The van der Waals surface area contributed by atoms with Gasteiger partial charge < -0.3 is 20.4 Å². The molecule has 3 rings (SSSR count). The number of aromatic nitrogens is 2. The monoisotopic (exact) mass is 534 g/mol. The van der Waals surface area contributed by atoms with E-state index in [0.717, 1.165) is 18.4 Å². The predicted molar refractivity (Wildman–Crippen MR) is 144 cm³/mol. The summed E-state index contributed by atoms with van der Waals surface area (Å²) < 4.78 is 30.3. The first kappa shape index (κ1) is 30.9. The normalized spacial score (nSPS) is 17.7. The zero-order valence-electron chi connectivity index (χ0n) is 22.9. The van der Waals surface area contributed by atoms with Gasteiger partial charge in [0.1, 0.15) is 0 Å². The number of likely N-dealkylation sites (N-methyl/N-ethyl adjacent to an activating group) is 1. The molecule has 0 aromatic carbocycles. The number of likely N-dealkylation sites (tertiary alicyclic amines) is 1. The lowest BCUT2D eigenvalue weighted by Gasteiger charge is -2.37. The molecule has 9 nitrogen and oxygen atoms in total. The number of nitrogens with zero attached hydrogens (tertiary/aromatic N) is 4. The molecule has 5 N–H and O–H groups in total. The van der Waals surface area contributed by atoms with Gasteiger partial charge in [-0.05, 0) is 30.5 Å². The molecule has 0 aliphatic carbocycles. The van der Waals surface area contributed by atoms with Crippen molar-refractivity contribution >= 4 is 11.7 Å². The number of piperidine rings is 1. The number of hydrogen-bond donors (Lipinski definition) is 3. The fraction of sp³-hybridized carbons (Fsp3) is 0.519. The quantitative estimate of drug-likeness (QED) is 0.330. The summed E-state index contributed by atoms with van der Waals surface area (Å²) in [6, 6.07) is 6.67. The number of nitrogens with two attached hydrogens (primary N) is 2. The van der Waals surface area contributed by atoms with E-state index in [1.807, 2.05) is 13.8 Å². The topological polar surface area (TPSA) is 131 Å². The average Bonchev–Trinajstić information content (AvgIpc) is 2.83. The van der Waals surface area contributed by atoms with Gasteiger partial charge in [0.05, 0.1) is 36.7 Å². The van der Waals surface area contributed by atoms with Gasteiger partial charge in [0.15, 0.2) is 0 Å². The van der Waals surface area contributed by atoms with E-state index < -0.39 is 30.9 Å². The van der Waals surface area contributed by atoms with Gasteiger partial charge in [0.2, 0.25) is 0 Å². The molecule has 1 unspecified atom stereocenters. The second-order valence-electron chi connectivity index (χ2n) is 9.42. The van der Waals surface area contributed by atoms with Crippen molar-refractivity contribution in [2.24, 2.45) is 11.6 Å². The largest absolute Gasteiger partial charge is 0.480 e. The van der Waals surface area contributed by atoms with Crippen LogP contribution in [-0.2, 0) is 17.8 Å². The summed E-state index contributed by atoms with van der Waals surface area (Å²) in [5, 5.41) is 10.4. The Morgan fingerprint density at radius 1 is 1.24 bits per heavy atom. The van der Waals surface area contributed by atoms with Crippen LogP contribution in [0.3, 0.4) is 0 Å². The number of rotatable bonds is 9. The number of aliphatic carboxylic acids is 1. The van der Waals surface area contributed by atoms with Crippen molar-refractivity contribution < 1.29 is 18.7 Å². The molecule has 0 saturated carbocycles. The van der Waals surface area contributed by atoms with Crippen molar-refractivity contribution in [3.63, 3.8) is 0 Å². The summed E-state index contributed by atoms with van der Waals surface area (Å²) in [6.07, 6.45) is 3.18. The van der Waals surface area contributed by atoms with Crippen molar-refractivity contribution in [2.45, 2.75) is 65.3 Å². The lowest BCUT2D eigenvalue weighted by atomic mass is 9.87. The summed E-state index contributed by atoms with van der Waals surface area (Å²) in [4.78, 5) is 29.3. The number of hydrazine groups is 1. The molecule has 1 saturated heterocycles. The van der Waals surface area contributed by atoms with Gasteiger partial charge in [-0.3, -0.25) is 19.5 Å². The Morgan fingerprint density at radius 3 is 2.50 bits per heavy atom. The lowest BCUT2D eigenvalue weighted by Crippen LogP contribution is -2.48. The Labute approximate surface area is 222 Å². The van der Waals surface area contributed by atoms with Crippen molar-refractivity contribution in [1.82, 2.24) is 19.5 Å². The Bertz CT molecular complexity index is 1200. The predicted octanol–water partition coefficient (Wildman–Crippen LogP) is 3.17. The molecule has 1 atom stereocenters. The first-order chi connectivity index (χ1) is 17.9. The van der Waals surface area contributed by atoms with Gasteiger partial charge in [-0.1, -0.05) is 39.3 Å². The number of allylic oxidation sites excluding steroid dienone is 1. The molecule has 11 heteroatoms. The highest BCUT2D eigenvalue weighted by Crippen LogP contribution is 2.37. The number of aryl methyl sites for hydroxylation is 2. The van der Waals surface area contributed by atoms with Gasteiger partial charge in [-0.2, -0.15) is 0 Å². The molecule has 0 amide bonds. The van der Waals surface area contributed by atoms with E-state index in [1.54, 1.807) is 42.9 Å². The number of hydrogen-bond acceptors (Lipinski definition) is 7. The van der Waals surface area contributed by atoms with Crippen molar-refractivity contribution in [3.8, 4) is 0 Å². The Kier molecular flexibility index (Phi) is 11.0. The van der Waals surface area contributed by atoms with Crippen LogP contribution in [0.15, 0.2) is 41.0 Å². The first-order valence-corrected chi connectivity index (χ1v) is 12.9. The highest BCUT2D eigenvalue weighted by atomic mass is 19.3. The van der Waals surface area contributed by atoms with E-state index in [2.05, 4.69) is 11.9 Å². The van der Waals surface area contributed by atoms with Crippen LogP contribution in [0, 0.1) is 6.92 Å². The van der Waals surface area contributed by atoms with Crippen LogP contribution in [-0.4, -0.2) is 63.1 Å². The van der Waals surface area contributed by atoms with Gasteiger partial charge in [-0.15, -0.1) is 0 Å². The second kappa shape index (κ2) is 13.5. The fourth-order valence-electron chi connectivity index (χ4n) is 4.70. The maximum absolute atomic E-state index is 14.4. The second-order valence-corrected chi connectivity index (χ2v) is 9.42. The first-order valence-electron chi connectivity index (χ1n) is 12.9. The third-order valence-corrected chi connectivity index (χ3v) is 6.32. The SMILES string of the molecule is CC.CCCc1ccc(=O)n(C/C(=C(/N)c2ccc(C3CN(CC(=O)O)CC(F)(F)C3)c(C)n2)N(C)N)c1. The van der Waals surface area contributed by atoms with Crippen molar-refractivity contribution in [2.75, 3.05) is 26.7 Å². The number of pyridine rings is 2. The molecule has 1 fully saturated rings. The molecule has 0 radical (unpaired) electrons. The Hall–Kier alpha value is -3.31. The summed E-state index contributed by atoms with van der Waals surface area (Å²) in [5.74, 6) is 1.33. The minimum Gasteiger partial charge on any atom is -0.480 e. The third kappa shape index (κ3) is 8.09. The average molecular weight is 535 g/mol. The van der Waals surface area contributed by atoms with E-state index in [-0.39, 0.29) is 30.8 Å². The van der Waals surface area contributed by atoms with Crippen LogP contribution in [0.1, 0.15) is 62.0 Å². The highest BCUT2D eigenvalue weighted by Gasteiger charge is 2.41. The molecule has 1 aliphatic rings. The zero-order valence-corrected chi connectivity index (χ0v) is 22.9. The maximum Gasteiger partial charge on any atom is 0.317 e. The van der Waals surface area contributed by atoms with Gasteiger partial charge in [-0.25, -0.2) is 14.6 Å². The van der Waals surface area contributed by atoms with Crippen LogP contribution >= 0.6 is 0 Å². The summed E-state index contributed by atoms with van der Waals surface area (Å²) in [5.41, 5.74) is 9.56. The minimum atomic E-state index is -3.00. The molecule has 0 spiro atoms.